The average molecular weight is 297 g/mol. The molecule has 1 aliphatic heterocycles. The summed E-state index contributed by atoms with van der Waals surface area (Å²) in [6, 6.07) is 10.6. The highest BCUT2D eigenvalue weighted by Crippen LogP contribution is 2.33. The molecule has 22 heavy (non-hydrogen) atoms. The number of benzene rings is 1. The zero-order valence-electron chi connectivity index (χ0n) is 12.1. The fourth-order valence-corrected chi connectivity index (χ4v) is 3.15. The van der Waals surface area contributed by atoms with Crippen LogP contribution in [0.15, 0.2) is 47.1 Å². The van der Waals surface area contributed by atoms with Crippen molar-refractivity contribution in [3.8, 4) is 0 Å². The van der Waals surface area contributed by atoms with E-state index in [1.165, 1.54) is 12.1 Å². The lowest BCUT2D eigenvalue weighted by molar-refractivity contribution is 0.416. The Kier molecular flexibility index (Phi) is 3.25. The number of aromatic nitrogens is 2. The third-order valence-corrected chi connectivity index (χ3v) is 4.32. The maximum Gasteiger partial charge on any atom is 0.170 e. The minimum Gasteiger partial charge on any atom is -0.357 e. The van der Waals surface area contributed by atoms with E-state index >= 15 is 0 Å². The first-order valence-electron chi connectivity index (χ1n) is 7.52. The average Bonchev–Trinajstić information content (AvgIpc) is 2.99. The molecule has 0 spiro atoms. The topological polar surface area (TPSA) is 42.2 Å². The normalized spacial score (nSPS) is 16.3. The van der Waals surface area contributed by atoms with E-state index in [1.807, 2.05) is 24.4 Å². The van der Waals surface area contributed by atoms with Gasteiger partial charge in [-0.15, -0.1) is 0 Å². The van der Waals surface area contributed by atoms with E-state index in [4.69, 9.17) is 4.52 Å². The third-order valence-electron chi connectivity index (χ3n) is 4.32. The predicted octanol–water partition coefficient (Wildman–Crippen LogP) is 3.75. The summed E-state index contributed by atoms with van der Waals surface area (Å²) in [7, 11) is 0. The van der Waals surface area contributed by atoms with Crippen LogP contribution in [0.4, 0.5) is 10.2 Å². The van der Waals surface area contributed by atoms with E-state index in [9.17, 15) is 4.39 Å². The van der Waals surface area contributed by atoms with Gasteiger partial charge in [-0.1, -0.05) is 11.2 Å². The second kappa shape index (κ2) is 5.40. The number of hydrogen-bond donors (Lipinski definition) is 0. The van der Waals surface area contributed by atoms with Crippen molar-refractivity contribution in [2.45, 2.75) is 18.8 Å². The third kappa shape index (κ3) is 2.32. The molecule has 5 heteroatoms. The fourth-order valence-electron chi connectivity index (χ4n) is 3.15. The Hall–Kier alpha value is -2.43. The molecule has 4 nitrogen and oxygen atoms in total. The summed E-state index contributed by atoms with van der Waals surface area (Å²) >= 11 is 0. The van der Waals surface area contributed by atoms with Gasteiger partial charge in [0.2, 0.25) is 0 Å². The van der Waals surface area contributed by atoms with Crippen LogP contribution < -0.4 is 4.90 Å². The van der Waals surface area contributed by atoms with Crippen molar-refractivity contribution in [2.24, 2.45) is 0 Å². The van der Waals surface area contributed by atoms with Crippen molar-refractivity contribution in [3.05, 3.63) is 54.1 Å². The van der Waals surface area contributed by atoms with Crippen molar-refractivity contribution in [3.63, 3.8) is 0 Å². The van der Waals surface area contributed by atoms with Gasteiger partial charge in [0.15, 0.2) is 5.58 Å². The molecule has 0 aliphatic carbocycles. The molecule has 0 radical (unpaired) electrons. The van der Waals surface area contributed by atoms with Crippen LogP contribution in [0.5, 0.6) is 0 Å². The Labute approximate surface area is 127 Å². The Bertz CT molecular complexity index is 779. The fraction of sp³-hybridized carbons (Fsp3) is 0.294. The zero-order valence-corrected chi connectivity index (χ0v) is 12.1. The Morgan fingerprint density at radius 2 is 2.00 bits per heavy atom. The van der Waals surface area contributed by atoms with Gasteiger partial charge in [0.05, 0.1) is 5.69 Å². The summed E-state index contributed by atoms with van der Waals surface area (Å²) < 4.78 is 18.5. The van der Waals surface area contributed by atoms with Crippen LogP contribution in [0.2, 0.25) is 0 Å². The van der Waals surface area contributed by atoms with Gasteiger partial charge in [-0.3, -0.25) is 0 Å². The lowest BCUT2D eigenvalue weighted by atomic mass is 9.91. The monoisotopic (exact) mass is 297 g/mol. The molecule has 3 heterocycles. The van der Waals surface area contributed by atoms with Crippen LogP contribution in [0, 0.1) is 5.82 Å². The zero-order chi connectivity index (χ0) is 14.9. The lowest BCUT2D eigenvalue weighted by Gasteiger charge is -2.32. The van der Waals surface area contributed by atoms with Crippen LogP contribution >= 0.6 is 0 Å². The summed E-state index contributed by atoms with van der Waals surface area (Å²) in [5, 5.41) is 5.11. The molecule has 4 rings (SSSR count). The van der Waals surface area contributed by atoms with E-state index < -0.39 is 0 Å². The molecule has 0 amide bonds. The summed E-state index contributed by atoms with van der Waals surface area (Å²) in [6.07, 6.45) is 3.81. The van der Waals surface area contributed by atoms with Crippen molar-refractivity contribution < 1.29 is 8.91 Å². The molecule has 112 valence electrons. The molecule has 1 aliphatic rings. The minimum absolute atomic E-state index is 0.292. The lowest BCUT2D eigenvalue weighted by Crippen LogP contribution is -2.33. The van der Waals surface area contributed by atoms with Crippen molar-refractivity contribution in [1.29, 1.82) is 0 Å². The highest BCUT2D eigenvalue weighted by atomic mass is 19.1. The molecular formula is C17H16FN3O. The molecule has 2 aromatic heterocycles. The predicted molar refractivity (Wildman–Crippen MR) is 82.4 cm³/mol. The standard InChI is InChI=1S/C17H16FN3O/c18-13-4-5-14-15(11-13)22-20-17(14)12-6-9-21(10-7-12)16-3-1-2-8-19-16/h1-5,8,11-12H,6-7,9-10H2. The molecule has 0 saturated carbocycles. The smallest absolute Gasteiger partial charge is 0.170 e. The van der Waals surface area contributed by atoms with Crippen LogP contribution in [0.25, 0.3) is 11.0 Å². The highest BCUT2D eigenvalue weighted by Gasteiger charge is 2.25. The molecule has 1 aromatic carbocycles. The summed E-state index contributed by atoms with van der Waals surface area (Å²) in [5.41, 5.74) is 1.48. The first kappa shape index (κ1) is 13.2. The summed E-state index contributed by atoms with van der Waals surface area (Å²) in [6.45, 7) is 1.88. The highest BCUT2D eigenvalue weighted by molar-refractivity contribution is 5.79. The summed E-state index contributed by atoms with van der Waals surface area (Å²) in [5.74, 6) is 1.08. The quantitative estimate of drug-likeness (QED) is 0.722. The number of hydrogen-bond acceptors (Lipinski definition) is 4. The van der Waals surface area contributed by atoms with Crippen LogP contribution in [0.3, 0.4) is 0 Å². The van der Waals surface area contributed by atoms with E-state index in [1.54, 1.807) is 6.07 Å². The molecule has 0 unspecified atom stereocenters. The first-order valence-corrected chi connectivity index (χ1v) is 7.52. The second-order valence-corrected chi connectivity index (χ2v) is 5.66. The van der Waals surface area contributed by atoms with Gasteiger partial charge in [-0.05, 0) is 37.1 Å². The number of fused-ring (bicyclic) bond motifs is 1. The number of nitrogens with zero attached hydrogens (tertiary/aromatic N) is 3. The number of piperidine rings is 1. The Morgan fingerprint density at radius 3 is 2.77 bits per heavy atom. The van der Waals surface area contributed by atoms with Crippen molar-refractivity contribution >= 4 is 16.8 Å². The van der Waals surface area contributed by atoms with Gasteiger partial charge in [0.25, 0.3) is 0 Å². The van der Waals surface area contributed by atoms with Gasteiger partial charge < -0.3 is 9.42 Å². The van der Waals surface area contributed by atoms with E-state index in [0.717, 1.165) is 42.8 Å². The van der Waals surface area contributed by atoms with E-state index in [0.29, 0.717) is 11.5 Å². The van der Waals surface area contributed by atoms with Crippen LogP contribution in [-0.2, 0) is 0 Å². The number of halogens is 1. The van der Waals surface area contributed by atoms with Gasteiger partial charge in [-0.2, -0.15) is 0 Å². The molecule has 0 N–H and O–H groups in total. The molecule has 0 bridgehead atoms. The Balaban J connectivity index is 1.53. The molecular weight excluding hydrogens is 281 g/mol. The van der Waals surface area contributed by atoms with Crippen molar-refractivity contribution in [2.75, 3.05) is 18.0 Å². The molecule has 1 saturated heterocycles. The van der Waals surface area contributed by atoms with E-state index in [2.05, 4.69) is 15.0 Å². The van der Waals surface area contributed by atoms with Gasteiger partial charge in [0.1, 0.15) is 11.6 Å². The molecule has 3 aromatic rings. The van der Waals surface area contributed by atoms with Crippen molar-refractivity contribution in [1.82, 2.24) is 10.1 Å². The molecule has 0 atom stereocenters. The van der Waals surface area contributed by atoms with Gasteiger partial charge in [0, 0.05) is 36.7 Å². The number of rotatable bonds is 2. The largest absolute Gasteiger partial charge is 0.357 e. The van der Waals surface area contributed by atoms with Gasteiger partial charge in [-0.25, -0.2) is 9.37 Å². The maximum atomic E-state index is 13.2. The Morgan fingerprint density at radius 1 is 1.14 bits per heavy atom. The summed E-state index contributed by atoms with van der Waals surface area (Å²) in [4.78, 5) is 6.69. The van der Waals surface area contributed by atoms with E-state index in [-0.39, 0.29) is 5.82 Å². The number of anilines is 1. The minimum atomic E-state index is -0.292. The molecule has 1 fully saturated rings. The SMILES string of the molecule is Fc1ccc2c(C3CCN(c4ccccn4)CC3)noc2c1. The maximum absolute atomic E-state index is 13.2. The number of pyridine rings is 1. The van der Waals surface area contributed by atoms with Crippen LogP contribution in [-0.4, -0.2) is 23.2 Å². The van der Waals surface area contributed by atoms with Gasteiger partial charge >= 0.3 is 0 Å². The second-order valence-electron chi connectivity index (χ2n) is 5.66. The first-order chi connectivity index (χ1) is 10.8. The van der Waals surface area contributed by atoms with Crippen LogP contribution in [0.1, 0.15) is 24.5 Å².